The molecule has 14 heteroatoms. The first-order valence-corrected chi connectivity index (χ1v) is 16.9. The second kappa shape index (κ2) is 14.4. The molecular weight excluding hydrogens is 629 g/mol. The van der Waals surface area contributed by atoms with Crippen LogP contribution in [0.4, 0.5) is 11.4 Å². The lowest BCUT2D eigenvalue weighted by atomic mass is 9.94. The standard InChI is InChI=1S/C32H32N6O6S2/c1-5-45(41,42)35-19-23-13-15-29(33-17-23)31(39)37-27-11-7-9-25(21(27)3)26-10-8-12-28(22(26)4)38-32(40)30-16-14-24(18-34-30)20-36-46(43,44)6-2/h5-18,35-36H,1-2,19-20H2,3-4H3,(H,37,39)(H,38,40). The van der Waals surface area contributed by atoms with Crippen LogP contribution in [0.1, 0.15) is 43.2 Å². The molecule has 0 aliphatic carbocycles. The maximum absolute atomic E-state index is 13.0. The summed E-state index contributed by atoms with van der Waals surface area (Å²) < 4.78 is 51.0. The fourth-order valence-electron chi connectivity index (χ4n) is 4.31. The van der Waals surface area contributed by atoms with Crippen LogP contribution >= 0.6 is 0 Å². The SMILES string of the molecule is C=CS(=O)(=O)NCc1ccc(C(=O)Nc2cccc(-c3cccc(NC(=O)c4ccc(CNS(=O)(=O)C=C)cn4)c3C)c2C)nc1. The Labute approximate surface area is 267 Å². The first-order valence-electron chi connectivity index (χ1n) is 13.8. The number of aromatic nitrogens is 2. The molecule has 0 aliphatic heterocycles. The number of amides is 2. The zero-order valence-electron chi connectivity index (χ0n) is 25.1. The van der Waals surface area contributed by atoms with Gasteiger partial charge in [-0.2, -0.15) is 0 Å². The van der Waals surface area contributed by atoms with Gasteiger partial charge in [0.15, 0.2) is 0 Å². The average molecular weight is 661 g/mol. The number of anilines is 2. The molecule has 2 amide bonds. The van der Waals surface area contributed by atoms with Crippen LogP contribution < -0.4 is 20.1 Å². The van der Waals surface area contributed by atoms with Crippen molar-refractivity contribution in [1.82, 2.24) is 19.4 Å². The fourth-order valence-corrected chi connectivity index (χ4v) is 5.28. The first kappa shape index (κ1) is 33.9. The number of hydrogen-bond acceptors (Lipinski definition) is 8. The van der Waals surface area contributed by atoms with Crippen LogP contribution in [0.3, 0.4) is 0 Å². The quantitative estimate of drug-likeness (QED) is 0.163. The molecule has 0 bridgehead atoms. The van der Waals surface area contributed by atoms with Gasteiger partial charge in [0.05, 0.1) is 0 Å². The predicted molar refractivity (Wildman–Crippen MR) is 178 cm³/mol. The van der Waals surface area contributed by atoms with Crippen LogP contribution in [0.2, 0.25) is 0 Å². The van der Waals surface area contributed by atoms with Crippen molar-refractivity contribution < 1.29 is 26.4 Å². The second-order valence-corrected chi connectivity index (χ2v) is 13.5. The molecule has 0 spiro atoms. The molecule has 0 radical (unpaired) electrons. The van der Waals surface area contributed by atoms with Crippen LogP contribution in [-0.2, 0) is 33.1 Å². The van der Waals surface area contributed by atoms with Crippen LogP contribution in [0, 0.1) is 13.8 Å². The predicted octanol–water partition coefficient (Wildman–Crippen LogP) is 4.39. The first-order chi connectivity index (χ1) is 21.8. The molecule has 0 aliphatic rings. The Hall–Kier alpha value is -5.02. The lowest BCUT2D eigenvalue weighted by Gasteiger charge is -2.17. The summed E-state index contributed by atoms with van der Waals surface area (Å²) in [6, 6.07) is 17.2. The molecular formula is C32H32N6O6S2. The Balaban J connectivity index is 1.47. The van der Waals surface area contributed by atoms with Gasteiger partial charge in [0, 0.05) is 47.7 Å². The second-order valence-electron chi connectivity index (χ2n) is 10.0. The minimum absolute atomic E-state index is 0.00839. The van der Waals surface area contributed by atoms with E-state index in [2.05, 4.69) is 43.2 Å². The molecule has 4 rings (SSSR count). The highest BCUT2D eigenvalue weighted by Crippen LogP contribution is 2.34. The van der Waals surface area contributed by atoms with Crippen molar-refractivity contribution in [3.8, 4) is 11.1 Å². The summed E-state index contributed by atoms with van der Waals surface area (Å²) in [7, 11) is -7.17. The molecule has 4 aromatic rings. The molecule has 2 heterocycles. The van der Waals surface area contributed by atoms with Crippen LogP contribution in [0.15, 0.2) is 97.0 Å². The van der Waals surface area contributed by atoms with E-state index >= 15 is 0 Å². The molecule has 12 nitrogen and oxygen atoms in total. The van der Waals surface area contributed by atoms with Gasteiger partial charge in [0.1, 0.15) is 11.4 Å². The number of carbonyl (C=O) groups is 2. The molecule has 0 fully saturated rings. The van der Waals surface area contributed by atoms with Crippen molar-refractivity contribution in [2.24, 2.45) is 0 Å². The van der Waals surface area contributed by atoms with Crippen molar-refractivity contribution in [3.05, 3.63) is 131 Å². The Morgan fingerprint density at radius 3 is 1.37 bits per heavy atom. The van der Waals surface area contributed by atoms with Gasteiger partial charge in [0.2, 0.25) is 20.0 Å². The van der Waals surface area contributed by atoms with Crippen molar-refractivity contribution in [2.45, 2.75) is 26.9 Å². The van der Waals surface area contributed by atoms with Crippen LogP contribution in [0.5, 0.6) is 0 Å². The van der Waals surface area contributed by atoms with Gasteiger partial charge in [-0.3, -0.25) is 19.6 Å². The smallest absolute Gasteiger partial charge is 0.274 e. The van der Waals surface area contributed by atoms with E-state index in [9.17, 15) is 26.4 Å². The van der Waals surface area contributed by atoms with E-state index < -0.39 is 31.9 Å². The molecule has 2 aromatic carbocycles. The minimum atomic E-state index is -3.59. The third-order valence-corrected chi connectivity index (χ3v) is 8.93. The monoisotopic (exact) mass is 660 g/mol. The Bertz CT molecular complexity index is 1860. The van der Waals surface area contributed by atoms with E-state index in [1.807, 2.05) is 38.1 Å². The summed E-state index contributed by atoms with van der Waals surface area (Å²) >= 11 is 0. The zero-order chi connectivity index (χ0) is 33.5. The van der Waals surface area contributed by atoms with Crippen molar-refractivity contribution >= 4 is 43.2 Å². The lowest BCUT2D eigenvalue weighted by molar-refractivity contribution is 0.101. The molecule has 0 unspecified atom stereocenters. The van der Waals surface area contributed by atoms with E-state index in [0.717, 1.165) is 33.1 Å². The van der Waals surface area contributed by atoms with Gasteiger partial charge >= 0.3 is 0 Å². The van der Waals surface area contributed by atoms with Crippen LogP contribution in [0.25, 0.3) is 11.1 Å². The highest BCUT2D eigenvalue weighted by atomic mass is 32.2. The third kappa shape index (κ3) is 8.57. The van der Waals surface area contributed by atoms with Gasteiger partial charge in [0.25, 0.3) is 11.8 Å². The van der Waals surface area contributed by atoms with Crippen molar-refractivity contribution in [3.63, 3.8) is 0 Å². The van der Waals surface area contributed by atoms with Crippen LogP contribution in [-0.4, -0.2) is 38.6 Å². The number of nitrogens with one attached hydrogen (secondary N) is 4. The summed E-state index contributed by atoms with van der Waals surface area (Å²) in [5, 5.41) is 7.40. The van der Waals surface area contributed by atoms with Gasteiger partial charge in [-0.25, -0.2) is 26.3 Å². The van der Waals surface area contributed by atoms with E-state index in [4.69, 9.17) is 0 Å². The number of rotatable bonds is 13. The largest absolute Gasteiger partial charge is 0.320 e. The summed E-state index contributed by atoms with van der Waals surface area (Å²) in [5.41, 5.74) is 5.86. The highest BCUT2D eigenvalue weighted by Gasteiger charge is 2.16. The Morgan fingerprint density at radius 2 is 1.04 bits per heavy atom. The number of benzene rings is 2. The number of nitrogens with zero attached hydrogens (tertiary/aromatic N) is 2. The Morgan fingerprint density at radius 1 is 0.652 bits per heavy atom. The van der Waals surface area contributed by atoms with E-state index in [0.29, 0.717) is 22.5 Å². The number of sulfonamides is 2. The maximum Gasteiger partial charge on any atom is 0.274 e. The van der Waals surface area contributed by atoms with E-state index in [1.54, 1.807) is 24.3 Å². The number of pyridine rings is 2. The van der Waals surface area contributed by atoms with E-state index in [1.165, 1.54) is 24.5 Å². The van der Waals surface area contributed by atoms with Gasteiger partial charge in [-0.15, -0.1) is 0 Å². The van der Waals surface area contributed by atoms with Gasteiger partial charge in [-0.1, -0.05) is 49.6 Å². The average Bonchev–Trinajstić information content (AvgIpc) is 3.05. The van der Waals surface area contributed by atoms with Gasteiger partial charge < -0.3 is 10.6 Å². The van der Waals surface area contributed by atoms with E-state index in [-0.39, 0.29) is 24.5 Å². The molecule has 0 saturated heterocycles. The summed E-state index contributed by atoms with van der Waals surface area (Å²) in [6.45, 7) is 10.3. The normalized spacial score (nSPS) is 11.4. The molecule has 0 atom stereocenters. The number of carbonyl (C=O) groups excluding carboxylic acids is 2. The summed E-state index contributed by atoms with van der Waals surface area (Å²) in [6.07, 6.45) is 2.84. The summed E-state index contributed by atoms with van der Waals surface area (Å²) in [5.74, 6) is -0.874. The molecule has 238 valence electrons. The molecule has 4 N–H and O–H groups in total. The lowest BCUT2D eigenvalue weighted by Crippen LogP contribution is -2.21. The maximum atomic E-state index is 13.0. The van der Waals surface area contributed by atoms with Crippen molar-refractivity contribution in [2.75, 3.05) is 10.6 Å². The highest BCUT2D eigenvalue weighted by molar-refractivity contribution is 7.92. The molecule has 46 heavy (non-hydrogen) atoms. The third-order valence-electron chi connectivity index (χ3n) is 6.96. The minimum Gasteiger partial charge on any atom is -0.320 e. The van der Waals surface area contributed by atoms with Gasteiger partial charge in [-0.05, 0) is 71.5 Å². The number of hydrogen-bond donors (Lipinski definition) is 4. The molecule has 2 aromatic heterocycles. The fraction of sp³-hybridized carbons (Fsp3) is 0.125. The Kier molecular flexibility index (Phi) is 10.6. The van der Waals surface area contributed by atoms with Crippen molar-refractivity contribution in [1.29, 1.82) is 0 Å². The topological polar surface area (TPSA) is 176 Å². The molecule has 0 saturated carbocycles. The summed E-state index contributed by atoms with van der Waals surface area (Å²) in [4.78, 5) is 34.3. The zero-order valence-corrected chi connectivity index (χ0v) is 26.7.